The van der Waals surface area contributed by atoms with Crippen LogP contribution in [0.1, 0.15) is 25.0 Å². The van der Waals surface area contributed by atoms with Gasteiger partial charge in [0.2, 0.25) is 0 Å². The average molecular weight is 246 g/mol. The SMILES string of the molecule is Cc1ccc(C#N)cc1OCC(=O)NCC(C)C. The van der Waals surface area contributed by atoms with Crippen LogP contribution >= 0.6 is 0 Å². The fourth-order valence-electron chi connectivity index (χ4n) is 1.34. The van der Waals surface area contributed by atoms with Crippen LogP contribution in [0.3, 0.4) is 0 Å². The zero-order chi connectivity index (χ0) is 13.5. The van der Waals surface area contributed by atoms with Crippen molar-refractivity contribution in [3.63, 3.8) is 0 Å². The number of rotatable bonds is 5. The van der Waals surface area contributed by atoms with Gasteiger partial charge in [0, 0.05) is 6.54 Å². The fraction of sp³-hybridized carbons (Fsp3) is 0.429. The standard InChI is InChI=1S/C14H18N2O2/c1-10(2)8-16-14(17)9-18-13-6-12(7-15)5-4-11(13)3/h4-6,10H,8-9H2,1-3H3,(H,16,17). The quantitative estimate of drug-likeness (QED) is 0.864. The van der Waals surface area contributed by atoms with E-state index in [1.54, 1.807) is 18.2 Å². The van der Waals surface area contributed by atoms with E-state index in [0.717, 1.165) is 5.56 Å². The van der Waals surface area contributed by atoms with E-state index in [9.17, 15) is 4.79 Å². The Morgan fingerprint density at radius 2 is 2.22 bits per heavy atom. The van der Waals surface area contributed by atoms with Crippen molar-refractivity contribution < 1.29 is 9.53 Å². The first-order valence-electron chi connectivity index (χ1n) is 5.93. The molecule has 0 saturated heterocycles. The molecular formula is C14H18N2O2. The number of aryl methyl sites for hydroxylation is 1. The van der Waals surface area contributed by atoms with Gasteiger partial charge in [0.25, 0.3) is 5.91 Å². The van der Waals surface area contributed by atoms with Gasteiger partial charge in [-0.2, -0.15) is 5.26 Å². The third kappa shape index (κ3) is 4.46. The highest BCUT2D eigenvalue weighted by atomic mass is 16.5. The number of hydrogen-bond acceptors (Lipinski definition) is 3. The lowest BCUT2D eigenvalue weighted by Gasteiger charge is -2.10. The zero-order valence-electron chi connectivity index (χ0n) is 11.0. The molecule has 0 fully saturated rings. The molecule has 0 spiro atoms. The molecule has 0 aromatic heterocycles. The molecule has 0 bridgehead atoms. The van der Waals surface area contributed by atoms with Gasteiger partial charge in [-0.3, -0.25) is 4.79 Å². The number of carbonyl (C=O) groups is 1. The highest BCUT2D eigenvalue weighted by Crippen LogP contribution is 2.18. The van der Waals surface area contributed by atoms with Crippen molar-refractivity contribution >= 4 is 5.91 Å². The molecule has 1 aromatic rings. The minimum absolute atomic E-state index is 0.0254. The summed E-state index contributed by atoms with van der Waals surface area (Å²) in [6, 6.07) is 7.21. The molecule has 0 saturated carbocycles. The second kappa shape index (κ2) is 6.65. The largest absolute Gasteiger partial charge is 0.483 e. The smallest absolute Gasteiger partial charge is 0.257 e. The van der Waals surface area contributed by atoms with E-state index in [1.165, 1.54) is 0 Å². The second-order valence-electron chi connectivity index (χ2n) is 4.58. The van der Waals surface area contributed by atoms with Crippen LogP contribution < -0.4 is 10.1 Å². The van der Waals surface area contributed by atoms with Crippen LogP contribution in [-0.4, -0.2) is 19.1 Å². The van der Waals surface area contributed by atoms with Gasteiger partial charge in [-0.25, -0.2) is 0 Å². The Morgan fingerprint density at radius 3 is 2.83 bits per heavy atom. The third-order valence-corrected chi connectivity index (χ3v) is 2.38. The summed E-state index contributed by atoms with van der Waals surface area (Å²) in [7, 11) is 0. The van der Waals surface area contributed by atoms with Crippen molar-refractivity contribution in [2.75, 3.05) is 13.2 Å². The maximum atomic E-state index is 11.5. The summed E-state index contributed by atoms with van der Waals surface area (Å²) in [5, 5.41) is 11.6. The minimum Gasteiger partial charge on any atom is -0.483 e. The molecule has 1 N–H and O–H groups in total. The Labute approximate surface area is 108 Å². The zero-order valence-corrected chi connectivity index (χ0v) is 11.0. The molecule has 0 aliphatic heterocycles. The Bertz CT molecular complexity index is 461. The number of nitrogens with one attached hydrogen (secondary N) is 1. The van der Waals surface area contributed by atoms with Gasteiger partial charge in [0.1, 0.15) is 5.75 Å². The summed E-state index contributed by atoms with van der Waals surface area (Å²) in [6.07, 6.45) is 0. The van der Waals surface area contributed by atoms with E-state index >= 15 is 0 Å². The van der Waals surface area contributed by atoms with Crippen molar-refractivity contribution in [1.82, 2.24) is 5.32 Å². The van der Waals surface area contributed by atoms with Crippen LogP contribution in [0.2, 0.25) is 0 Å². The molecule has 1 amide bonds. The second-order valence-corrected chi connectivity index (χ2v) is 4.58. The lowest BCUT2D eigenvalue weighted by atomic mass is 10.1. The maximum absolute atomic E-state index is 11.5. The molecule has 1 aromatic carbocycles. The van der Waals surface area contributed by atoms with E-state index in [4.69, 9.17) is 10.00 Å². The third-order valence-electron chi connectivity index (χ3n) is 2.38. The fourth-order valence-corrected chi connectivity index (χ4v) is 1.34. The first-order valence-corrected chi connectivity index (χ1v) is 5.93. The highest BCUT2D eigenvalue weighted by molar-refractivity contribution is 5.77. The monoisotopic (exact) mass is 246 g/mol. The predicted molar refractivity (Wildman–Crippen MR) is 69.2 cm³/mol. The first kappa shape index (κ1) is 14.0. The number of carbonyl (C=O) groups excluding carboxylic acids is 1. The van der Waals surface area contributed by atoms with Gasteiger partial charge in [0.15, 0.2) is 6.61 Å². The van der Waals surface area contributed by atoms with Crippen LogP contribution in [-0.2, 0) is 4.79 Å². The van der Waals surface area contributed by atoms with Crippen LogP contribution in [0.15, 0.2) is 18.2 Å². The summed E-state index contributed by atoms with van der Waals surface area (Å²) in [4.78, 5) is 11.5. The molecule has 0 aliphatic rings. The van der Waals surface area contributed by atoms with Gasteiger partial charge in [-0.05, 0) is 30.5 Å². The molecule has 0 aliphatic carbocycles. The number of amides is 1. The Morgan fingerprint density at radius 1 is 1.50 bits per heavy atom. The van der Waals surface area contributed by atoms with Crippen molar-refractivity contribution in [1.29, 1.82) is 5.26 Å². The van der Waals surface area contributed by atoms with Gasteiger partial charge in [-0.1, -0.05) is 19.9 Å². The first-order chi connectivity index (χ1) is 8.52. The van der Waals surface area contributed by atoms with Gasteiger partial charge < -0.3 is 10.1 Å². The van der Waals surface area contributed by atoms with E-state index in [1.807, 2.05) is 26.8 Å². The maximum Gasteiger partial charge on any atom is 0.257 e. The van der Waals surface area contributed by atoms with Crippen molar-refractivity contribution in [2.45, 2.75) is 20.8 Å². The number of benzene rings is 1. The van der Waals surface area contributed by atoms with Crippen molar-refractivity contribution in [3.05, 3.63) is 29.3 Å². The van der Waals surface area contributed by atoms with Crippen molar-refractivity contribution in [3.8, 4) is 11.8 Å². The summed E-state index contributed by atoms with van der Waals surface area (Å²) < 4.78 is 5.41. The lowest BCUT2D eigenvalue weighted by Crippen LogP contribution is -2.31. The minimum atomic E-state index is -0.148. The van der Waals surface area contributed by atoms with Crippen LogP contribution in [0.25, 0.3) is 0 Å². The summed E-state index contributed by atoms with van der Waals surface area (Å²) in [5.41, 5.74) is 1.43. The number of ether oxygens (including phenoxy) is 1. The van der Waals surface area contributed by atoms with Crippen LogP contribution in [0.5, 0.6) is 5.75 Å². The summed E-state index contributed by atoms with van der Waals surface area (Å²) in [5.74, 6) is 0.844. The molecule has 0 unspecified atom stereocenters. The Hall–Kier alpha value is -2.02. The summed E-state index contributed by atoms with van der Waals surface area (Å²) in [6.45, 7) is 6.55. The Balaban J connectivity index is 2.53. The average Bonchev–Trinajstić information content (AvgIpc) is 2.35. The van der Waals surface area contributed by atoms with Gasteiger partial charge in [0.05, 0.1) is 11.6 Å². The molecule has 96 valence electrons. The lowest BCUT2D eigenvalue weighted by molar-refractivity contribution is -0.123. The van der Waals surface area contributed by atoms with Crippen molar-refractivity contribution in [2.24, 2.45) is 5.92 Å². The number of hydrogen-bond donors (Lipinski definition) is 1. The van der Waals surface area contributed by atoms with Gasteiger partial charge >= 0.3 is 0 Å². The van der Waals surface area contributed by atoms with E-state index < -0.39 is 0 Å². The summed E-state index contributed by atoms with van der Waals surface area (Å²) >= 11 is 0. The van der Waals surface area contributed by atoms with Gasteiger partial charge in [-0.15, -0.1) is 0 Å². The molecule has 0 atom stereocenters. The molecule has 1 rings (SSSR count). The molecule has 0 radical (unpaired) electrons. The van der Waals surface area contributed by atoms with Crippen LogP contribution in [0, 0.1) is 24.2 Å². The number of nitriles is 1. The molecule has 4 heteroatoms. The number of nitrogens with zero attached hydrogens (tertiary/aromatic N) is 1. The van der Waals surface area contributed by atoms with Crippen LogP contribution in [0.4, 0.5) is 0 Å². The topological polar surface area (TPSA) is 62.1 Å². The predicted octanol–water partition coefficient (Wildman–Crippen LogP) is 2.02. The normalized spacial score (nSPS) is 9.94. The molecule has 18 heavy (non-hydrogen) atoms. The van der Waals surface area contributed by atoms with E-state index in [0.29, 0.717) is 23.8 Å². The molecule has 4 nitrogen and oxygen atoms in total. The Kier molecular flexibility index (Phi) is 5.19. The highest BCUT2D eigenvalue weighted by Gasteiger charge is 2.06. The molecule has 0 heterocycles. The van der Waals surface area contributed by atoms with E-state index in [-0.39, 0.29) is 12.5 Å². The van der Waals surface area contributed by atoms with E-state index in [2.05, 4.69) is 5.32 Å². The molecular weight excluding hydrogens is 228 g/mol.